The molecule has 1 amide bonds. The number of ether oxygens (including phenoxy) is 2. The third-order valence-electron chi connectivity index (χ3n) is 3.01. The average Bonchev–Trinajstić information content (AvgIpc) is 2.59. The zero-order valence-electron chi connectivity index (χ0n) is 12.9. The Balaban J connectivity index is 1.69. The highest BCUT2D eigenvalue weighted by Crippen LogP contribution is 2.32. The first-order valence-corrected chi connectivity index (χ1v) is 8.78. The summed E-state index contributed by atoms with van der Waals surface area (Å²) in [6.07, 6.45) is 0. The number of carbonyl (C=O) groups excluding carboxylic acids is 2. The highest BCUT2D eigenvalue weighted by atomic mass is 79.9. The standard InChI is InChI=1S/C17H14BrCl2NO4/c18-12-6-4-11(5-7-12)17(23)21-10-15(22)24-8-9-25-16-13(19)2-1-3-14(16)20/h1-7H,8-10H2,(H,21,23). The monoisotopic (exact) mass is 445 g/mol. The van der Waals surface area contributed by atoms with E-state index >= 15 is 0 Å². The van der Waals surface area contributed by atoms with Crippen molar-refractivity contribution in [2.75, 3.05) is 19.8 Å². The minimum Gasteiger partial charge on any atom is -0.487 e. The summed E-state index contributed by atoms with van der Waals surface area (Å²) in [6.45, 7) is -0.133. The maximum absolute atomic E-state index is 11.9. The van der Waals surface area contributed by atoms with Crippen LogP contribution in [0.2, 0.25) is 10.0 Å². The minimum atomic E-state index is -0.570. The van der Waals surface area contributed by atoms with Crippen molar-refractivity contribution in [2.45, 2.75) is 0 Å². The van der Waals surface area contributed by atoms with Gasteiger partial charge in [-0.15, -0.1) is 0 Å². The Kier molecular flexibility index (Phi) is 7.55. The van der Waals surface area contributed by atoms with Crippen LogP contribution in [0.3, 0.4) is 0 Å². The predicted molar refractivity (Wildman–Crippen MR) is 99.4 cm³/mol. The molecule has 0 saturated heterocycles. The number of carbonyl (C=O) groups is 2. The molecule has 2 rings (SSSR count). The van der Waals surface area contributed by atoms with Gasteiger partial charge in [-0.3, -0.25) is 9.59 Å². The molecule has 0 fully saturated rings. The molecule has 0 radical (unpaired) electrons. The number of para-hydroxylation sites is 1. The second-order valence-electron chi connectivity index (χ2n) is 4.81. The van der Waals surface area contributed by atoms with Crippen LogP contribution >= 0.6 is 39.1 Å². The number of hydrogen-bond acceptors (Lipinski definition) is 4. The van der Waals surface area contributed by atoms with Gasteiger partial charge in [0.2, 0.25) is 0 Å². The molecule has 5 nitrogen and oxygen atoms in total. The van der Waals surface area contributed by atoms with Gasteiger partial charge in [-0.1, -0.05) is 45.2 Å². The van der Waals surface area contributed by atoms with Gasteiger partial charge in [0.15, 0.2) is 5.75 Å². The number of esters is 1. The lowest BCUT2D eigenvalue weighted by atomic mass is 10.2. The zero-order chi connectivity index (χ0) is 18.2. The van der Waals surface area contributed by atoms with Crippen LogP contribution in [0.25, 0.3) is 0 Å². The lowest BCUT2D eigenvalue weighted by Crippen LogP contribution is -2.31. The van der Waals surface area contributed by atoms with E-state index < -0.39 is 5.97 Å². The Morgan fingerprint density at radius 1 is 1.00 bits per heavy atom. The molecule has 0 saturated carbocycles. The molecule has 25 heavy (non-hydrogen) atoms. The molecule has 1 N–H and O–H groups in total. The molecule has 0 aliphatic rings. The second kappa shape index (κ2) is 9.65. The molecule has 8 heteroatoms. The van der Waals surface area contributed by atoms with E-state index in [-0.39, 0.29) is 25.7 Å². The summed E-state index contributed by atoms with van der Waals surface area (Å²) in [5.41, 5.74) is 0.452. The lowest BCUT2D eigenvalue weighted by molar-refractivity contribution is -0.143. The molecule has 0 atom stereocenters. The van der Waals surface area contributed by atoms with E-state index in [2.05, 4.69) is 21.2 Å². The van der Waals surface area contributed by atoms with Crippen molar-refractivity contribution >= 4 is 51.0 Å². The quantitative estimate of drug-likeness (QED) is 0.513. The maximum Gasteiger partial charge on any atom is 0.325 e. The number of nitrogens with one attached hydrogen (secondary N) is 1. The normalized spacial score (nSPS) is 10.2. The van der Waals surface area contributed by atoms with E-state index in [0.717, 1.165) is 4.47 Å². The van der Waals surface area contributed by atoms with Gasteiger partial charge in [0.1, 0.15) is 19.8 Å². The highest BCUT2D eigenvalue weighted by Gasteiger charge is 2.10. The van der Waals surface area contributed by atoms with Gasteiger partial charge in [-0.25, -0.2) is 0 Å². The van der Waals surface area contributed by atoms with Gasteiger partial charge < -0.3 is 14.8 Å². The van der Waals surface area contributed by atoms with Gasteiger partial charge in [0.05, 0.1) is 10.0 Å². The van der Waals surface area contributed by atoms with E-state index in [9.17, 15) is 9.59 Å². The maximum atomic E-state index is 11.9. The van der Waals surface area contributed by atoms with Gasteiger partial charge in [0.25, 0.3) is 5.91 Å². The van der Waals surface area contributed by atoms with Gasteiger partial charge in [-0.05, 0) is 36.4 Å². The molecule has 0 unspecified atom stereocenters. The molecule has 132 valence electrons. The molecule has 2 aromatic carbocycles. The molecule has 0 heterocycles. The fourth-order valence-electron chi connectivity index (χ4n) is 1.83. The molecular formula is C17H14BrCl2NO4. The number of rotatable bonds is 7. The van der Waals surface area contributed by atoms with Crippen LogP contribution < -0.4 is 10.1 Å². The van der Waals surface area contributed by atoms with E-state index in [1.165, 1.54) is 0 Å². The molecular weight excluding hydrogens is 433 g/mol. The zero-order valence-corrected chi connectivity index (χ0v) is 16.0. The Morgan fingerprint density at radius 3 is 2.28 bits per heavy atom. The van der Waals surface area contributed by atoms with Crippen molar-refractivity contribution < 1.29 is 19.1 Å². The highest BCUT2D eigenvalue weighted by molar-refractivity contribution is 9.10. The van der Waals surface area contributed by atoms with Crippen molar-refractivity contribution in [3.8, 4) is 5.75 Å². The van der Waals surface area contributed by atoms with Crippen LogP contribution in [0.1, 0.15) is 10.4 Å². The molecule has 2 aromatic rings. The largest absolute Gasteiger partial charge is 0.487 e. The van der Waals surface area contributed by atoms with Crippen molar-refractivity contribution in [1.29, 1.82) is 0 Å². The summed E-state index contributed by atoms with van der Waals surface area (Å²) in [6, 6.07) is 11.8. The van der Waals surface area contributed by atoms with E-state index in [4.69, 9.17) is 32.7 Å². The summed E-state index contributed by atoms with van der Waals surface area (Å²) in [7, 11) is 0. The number of halogens is 3. The topological polar surface area (TPSA) is 64.6 Å². The molecule has 0 aliphatic heterocycles. The summed E-state index contributed by atoms with van der Waals surface area (Å²) < 4.78 is 11.2. The Morgan fingerprint density at radius 2 is 1.64 bits per heavy atom. The van der Waals surface area contributed by atoms with E-state index in [1.807, 2.05) is 0 Å². The minimum absolute atomic E-state index is 0.00847. The molecule has 0 aromatic heterocycles. The van der Waals surface area contributed by atoms with Crippen LogP contribution in [0.5, 0.6) is 5.75 Å². The predicted octanol–water partition coefficient (Wildman–Crippen LogP) is 4.11. The third-order valence-corrected chi connectivity index (χ3v) is 4.14. The molecule has 0 bridgehead atoms. The first-order chi connectivity index (χ1) is 12.0. The summed E-state index contributed by atoms with van der Waals surface area (Å²) >= 11 is 15.2. The Bertz CT molecular complexity index is 733. The van der Waals surface area contributed by atoms with Crippen LogP contribution in [0.15, 0.2) is 46.9 Å². The van der Waals surface area contributed by atoms with E-state index in [1.54, 1.807) is 42.5 Å². The summed E-state index contributed by atoms with van der Waals surface area (Å²) in [5.74, 6) is -0.590. The van der Waals surface area contributed by atoms with Crippen molar-refractivity contribution in [2.24, 2.45) is 0 Å². The van der Waals surface area contributed by atoms with Crippen LogP contribution in [0, 0.1) is 0 Å². The molecule has 0 spiro atoms. The van der Waals surface area contributed by atoms with Crippen LogP contribution in [-0.2, 0) is 9.53 Å². The first-order valence-electron chi connectivity index (χ1n) is 7.23. The van der Waals surface area contributed by atoms with Crippen LogP contribution in [0.4, 0.5) is 0 Å². The fourth-order valence-corrected chi connectivity index (χ4v) is 2.60. The Hall–Kier alpha value is -1.76. The number of hydrogen-bond donors (Lipinski definition) is 1. The molecule has 0 aliphatic carbocycles. The lowest BCUT2D eigenvalue weighted by Gasteiger charge is -2.10. The van der Waals surface area contributed by atoms with Crippen LogP contribution in [-0.4, -0.2) is 31.6 Å². The summed E-state index contributed by atoms with van der Waals surface area (Å²) in [5, 5.41) is 3.23. The van der Waals surface area contributed by atoms with E-state index in [0.29, 0.717) is 21.4 Å². The van der Waals surface area contributed by atoms with Gasteiger partial charge in [0, 0.05) is 10.0 Å². The first kappa shape index (κ1) is 19.6. The third kappa shape index (κ3) is 6.23. The van der Waals surface area contributed by atoms with Crippen molar-refractivity contribution in [3.05, 3.63) is 62.5 Å². The van der Waals surface area contributed by atoms with Crippen molar-refractivity contribution in [3.63, 3.8) is 0 Å². The Labute approximate surface area is 163 Å². The summed E-state index contributed by atoms with van der Waals surface area (Å²) in [4.78, 5) is 23.5. The second-order valence-corrected chi connectivity index (χ2v) is 6.54. The van der Waals surface area contributed by atoms with Gasteiger partial charge >= 0.3 is 5.97 Å². The average molecular weight is 447 g/mol. The number of amides is 1. The fraction of sp³-hybridized carbons (Fsp3) is 0.176. The van der Waals surface area contributed by atoms with Crippen molar-refractivity contribution in [1.82, 2.24) is 5.32 Å². The van der Waals surface area contributed by atoms with Gasteiger partial charge in [-0.2, -0.15) is 0 Å². The number of benzene rings is 2. The smallest absolute Gasteiger partial charge is 0.325 e. The SMILES string of the molecule is O=C(CNC(=O)c1ccc(Br)cc1)OCCOc1c(Cl)cccc1Cl.